The van der Waals surface area contributed by atoms with Crippen LogP contribution in [0.25, 0.3) is 0 Å². The third-order valence-electron chi connectivity index (χ3n) is 5.07. The number of likely N-dealkylation sites (tertiary alicyclic amines) is 1. The number of nitrogens with zero attached hydrogens (tertiary/aromatic N) is 3. The van der Waals surface area contributed by atoms with E-state index in [1.807, 2.05) is 5.51 Å². The monoisotopic (exact) mass is 348 g/mol. The van der Waals surface area contributed by atoms with Crippen molar-refractivity contribution in [3.05, 3.63) is 34.1 Å². The van der Waals surface area contributed by atoms with E-state index in [0.29, 0.717) is 19.1 Å². The first-order chi connectivity index (χ1) is 11.7. The molecule has 0 radical (unpaired) electrons. The van der Waals surface area contributed by atoms with Crippen LogP contribution in [0.5, 0.6) is 0 Å². The molecule has 2 aliphatic heterocycles. The average molecular weight is 348 g/mol. The lowest BCUT2D eigenvalue weighted by molar-refractivity contribution is 0.0869. The zero-order valence-corrected chi connectivity index (χ0v) is 14.3. The Labute approximate surface area is 144 Å². The third-order valence-corrected chi connectivity index (χ3v) is 5.99. The zero-order valence-electron chi connectivity index (χ0n) is 13.5. The number of aromatic nitrogens is 2. The Morgan fingerprint density at radius 2 is 2.50 bits per heavy atom. The Balaban J connectivity index is 1.41. The minimum Gasteiger partial charge on any atom is -0.380 e. The number of carbonyl (C=O) groups excluding carboxylic acids is 1. The molecule has 24 heavy (non-hydrogen) atoms. The summed E-state index contributed by atoms with van der Waals surface area (Å²) in [7, 11) is 0. The van der Waals surface area contributed by atoms with E-state index in [2.05, 4.69) is 27.3 Å². The summed E-state index contributed by atoms with van der Waals surface area (Å²) in [5.74, 6) is 0.474. The number of nitrogens with one attached hydrogen (secondary N) is 1. The van der Waals surface area contributed by atoms with E-state index in [0.717, 1.165) is 31.9 Å². The molecule has 2 aromatic heterocycles. The summed E-state index contributed by atoms with van der Waals surface area (Å²) in [6.07, 6.45) is 1.48. The van der Waals surface area contributed by atoms with Crippen LogP contribution in [0.15, 0.2) is 22.3 Å². The van der Waals surface area contributed by atoms with Crippen LogP contribution in [0.4, 0.5) is 0 Å². The van der Waals surface area contributed by atoms with E-state index in [4.69, 9.17) is 9.26 Å². The van der Waals surface area contributed by atoms with E-state index in [1.54, 1.807) is 17.4 Å². The van der Waals surface area contributed by atoms with Gasteiger partial charge in [-0.05, 0) is 6.92 Å². The third kappa shape index (κ3) is 2.85. The minimum absolute atomic E-state index is 0.0196. The molecule has 0 aromatic carbocycles. The lowest BCUT2D eigenvalue weighted by Gasteiger charge is -2.27. The SMILES string of the molecule is Cc1ncsc1CN1C[C@@H]2COC[C@]2(CNC(=O)c2ccno2)C1. The topological polar surface area (TPSA) is 80.5 Å². The Bertz CT molecular complexity index is 717. The van der Waals surface area contributed by atoms with E-state index < -0.39 is 0 Å². The molecule has 2 atom stereocenters. The van der Waals surface area contributed by atoms with Crippen molar-refractivity contribution in [3.63, 3.8) is 0 Å². The van der Waals surface area contributed by atoms with Crippen LogP contribution in [0, 0.1) is 18.3 Å². The molecule has 0 bridgehead atoms. The Hall–Kier alpha value is -1.77. The normalized spacial score (nSPS) is 26.6. The number of hydrogen-bond acceptors (Lipinski definition) is 7. The van der Waals surface area contributed by atoms with Crippen molar-refractivity contribution in [2.75, 3.05) is 32.8 Å². The molecular weight excluding hydrogens is 328 g/mol. The summed E-state index contributed by atoms with van der Waals surface area (Å²) in [6, 6.07) is 1.57. The van der Waals surface area contributed by atoms with Gasteiger partial charge in [-0.25, -0.2) is 4.98 Å². The molecule has 2 saturated heterocycles. The highest BCUT2D eigenvalue weighted by Crippen LogP contribution is 2.41. The second kappa shape index (κ2) is 6.27. The number of thiazole rings is 1. The van der Waals surface area contributed by atoms with E-state index >= 15 is 0 Å². The van der Waals surface area contributed by atoms with Crippen molar-refractivity contribution >= 4 is 17.2 Å². The van der Waals surface area contributed by atoms with Gasteiger partial charge in [-0.3, -0.25) is 9.69 Å². The fraction of sp³-hybridized carbons (Fsp3) is 0.562. The molecule has 8 heteroatoms. The van der Waals surface area contributed by atoms with Crippen molar-refractivity contribution in [1.82, 2.24) is 20.4 Å². The van der Waals surface area contributed by atoms with Gasteiger partial charge in [-0.1, -0.05) is 5.16 Å². The number of hydrogen-bond donors (Lipinski definition) is 1. The van der Waals surface area contributed by atoms with Gasteiger partial charge < -0.3 is 14.6 Å². The highest BCUT2D eigenvalue weighted by Gasteiger charge is 2.50. The Morgan fingerprint density at radius 3 is 3.25 bits per heavy atom. The van der Waals surface area contributed by atoms with Crippen molar-refractivity contribution in [1.29, 1.82) is 0 Å². The quantitative estimate of drug-likeness (QED) is 0.878. The number of fused-ring (bicyclic) bond motifs is 1. The molecule has 4 heterocycles. The summed E-state index contributed by atoms with van der Waals surface area (Å²) in [6.45, 7) is 6.93. The number of amides is 1. The molecule has 0 aliphatic carbocycles. The number of aryl methyl sites for hydroxylation is 1. The fourth-order valence-electron chi connectivity index (χ4n) is 3.67. The number of rotatable bonds is 5. The van der Waals surface area contributed by atoms with E-state index in [9.17, 15) is 4.79 Å². The highest BCUT2D eigenvalue weighted by atomic mass is 32.1. The van der Waals surface area contributed by atoms with E-state index in [1.165, 1.54) is 11.1 Å². The lowest BCUT2D eigenvalue weighted by Crippen LogP contribution is -2.43. The van der Waals surface area contributed by atoms with Gasteiger partial charge in [0.25, 0.3) is 5.91 Å². The van der Waals surface area contributed by atoms with Gasteiger partial charge in [0.2, 0.25) is 5.76 Å². The predicted molar refractivity (Wildman–Crippen MR) is 87.7 cm³/mol. The maximum Gasteiger partial charge on any atom is 0.289 e. The van der Waals surface area contributed by atoms with E-state index in [-0.39, 0.29) is 17.1 Å². The molecule has 0 unspecified atom stereocenters. The standard InChI is InChI=1S/C16H20N4O3S/c1-11-14(24-10-18-11)5-20-4-12-6-22-9-16(12,8-20)7-17-15(21)13-2-3-19-23-13/h2-3,10,12H,4-9H2,1H3,(H,17,21)/t12-,16+/m1/s1. The van der Waals surface area contributed by atoms with Gasteiger partial charge in [-0.2, -0.15) is 0 Å². The molecule has 2 fully saturated rings. The molecule has 2 aliphatic rings. The zero-order chi connectivity index (χ0) is 16.6. The van der Waals surface area contributed by atoms with Crippen molar-refractivity contribution in [2.45, 2.75) is 13.5 Å². The molecule has 0 saturated carbocycles. The van der Waals surface area contributed by atoms with Crippen LogP contribution < -0.4 is 5.32 Å². The molecule has 2 aromatic rings. The summed E-state index contributed by atoms with van der Waals surface area (Å²) in [5.41, 5.74) is 2.99. The predicted octanol–water partition coefficient (Wildman–Crippen LogP) is 1.32. The smallest absolute Gasteiger partial charge is 0.289 e. The molecule has 1 amide bonds. The van der Waals surface area contributed by atoms with Gasteiger partial charge in [-0.15, -0.1) is 11.3 Å². The van der Waals surface area contributed by atoms with Crippen LogP contribution in [0.2, 0.25) is 0 Å². The number of carbonyl (C=O) groups is 1. The number of ether oxygens (including phenoxy) is 1. The van der Waals surface area contributed by atoms with Crippen LogP contribution in [0.3, 0.4) is 0 Å². The van der Waals surface area contributed by atoms with Gasteiger partial charge in [0, 0.05) is 48.5 Å². The van der Waals surface area contributed by atoms with Crippen LogP contribution in [-0.4, -0.2) is 53.8 Å². The first-order valence-corrected chi connectivity index (χ1v) is 8.92. The average Bonchev–Trinajstić information content (AvgIpc) is 3.31. The summed E-state index contributed by atoms with van der Waals surface area (Å²) in [4.78, 5) is 20.2. The first kappa shape index (κ1) is 15.7. The fourth-order valence-corrected chi connectivity index (χ4v) is 4.49. The van der Waals surface area contributed by atoms with Crippen molar-refractivity contribution < 1.29 is 14.1 Å². The summed E-state index contributed by atoms with van der Waals surface area (Å²) < 4.78 is 10.6. The molecule has 128 valence electrons. The summed E-state index contributed by atoms with van der Waals surface area (Å²) in [5, 5.41) is 6.57. The second-order valence-electron chi connectivity index (χ2n) is 6.66. The molecular formula is C16H20N4O3S. The highest BCUT2D eigenvalue weighted by molar-refractivity contribution is 7.09. The van der Waals surface area contributed by atoms with Crippen LogP contribution in [0.1, 0.15) is 21.1 Å². The lowest BCUT2D eigenvalue weighted by atomic mass is 9.81. The van der Waals surface area contributed by atoms with Gasteiger partial charge >= 0.3 is 0 Å². The van der Waals surface area contributed by atoms with Crippen LogP contribution >= 0.6 is 11.3 Å². The largest absolute Gasteiger partial charge is 0.380 e. The Morgan fingerprint density at radius 1 is 1.58 bits per heavy atom. The molecule has 7 nitrogen and oxygen atoms in total. The van der Waals surface area contributed by atoms with Crippen molar-refractivity contribution in [3.8, 4) is 0 Å². The summed E-state index contributed by atoms with van der Waals surface area (Å²) >= 11 is 1.71. The molecule has 1 N–H and O–H groups in total. The molecule has 0 spiro atoms. The van der Waals surface area contributed by atoms with Gasteiger partial charge in [0.05, 0.1) is 30.6 Å². The maximum absolute atomic E-state index is 12.1. The minimum atomic E-state index is -0.218. The molecule has 4 rings (SSSR count). The van der Waals surface area contributed by atoms with Gasteiger partial charge in [0.15, 0.2) is 0 Å². The first-order valence-electron chi connectivity index (χ1n) is 8.04. The van der Waals surface area contributed by atoms with Crippen LogP contribution in [-0.2, 0) is 11.3 Å². The Kier molecular flexibility index (Phi) is 4.11. The second-order valence-corrected chi connectivity index (χ2v) is 7.60. The maximum atomic E-state index is 12.1. The van der Waals surface area contributed by atoms with Gasteiger partial charge in [0.1, 0.15) is 0 Å². The van der Waals surface area contributed by atoms with Crippen molar-refractivity contribution in [2.24, 2.45) is 11.3 Å².